The maximum absolute atomic E-state index is 10.2. The molecular weight excluding hydrogens is 288 g/mol. The molecule has 3 aromatic rings. The summed E-state index contributed by atoms with van der Waals surface area (Å²) >= 11 is 0. The Morgan fingerprint density at radius 3 is 2.65 bits per heavy atom. The Kier molecular flexibility index (Phi) is 4.22. The predicted octanol–water partition coefficient (Wildman–Crippen LogP) is 3.53. The molecule has 0 aliphatic carbocycles. The molecule has 0 saturated heterocycles. The summed E-state index contributed by atoms with van der Waals surface area (Å²) in [5.41, 5.74) is 2.99. The number of para-hydroxylation sites is 1. The van der Waals surface area contributed by atoms with E-state index in [1.807, 2.05) is 37.3 Å². The number of ether oxygens (including phenoxy) is 1. The second-order valence-corrected chi connectivity index (χ2v) is 5.34. The van der Waals surface area contributed by atoms with Gasteiger partial charge in [0.25, 0.3) is 0 Å². The van der Waals surface area contributed by atoms with Gasteiger partial charge in [-0.25, -0.2) is 4.98 Å². The molecule has 1 aromatic heterocycles. The number of fused-ring (bicyclic) bond motifs is 1. The third-order valence-corrected chi connectivity index (χ3v) is 3.64. The molecule has 1 atom stereocenters. The molecule has 4 nitrogen and oxygen atoms in total. The van der Waals surface area contributed by atoms with Crippen molar-refractivity contribution in [2.45, 2.75) is 13.0 Å². The summed E-state index contributed by atoms with van der Waals surface area (Å²) in [6.07, 6.45) is -0.761. The van der Waals surface area contributed by atoms with E-state index in [1.165, 1.54) is 0 Å². The topological polar surface area (TPSA) is 66.1 Å². The maximum atomic E-state index is 10.2. The van der Waals surface area contributed by atoms with E-state index < -0.39 is 6.10 Å². The average Bonchev–Trinajstić information content (AvgIpc) is 2.59. The summed E-state index contributed by atoms with van der Waals surface area (Å²) in [5, 5.41) is 20.0. The predicted molar refractivity (Wildman–Crippen MR) is 88.1 cm³/mol. The first-order chi connectivity index (χ1) is 11.2. The van der Waals surface area contributed by atoms with E-state index in [0.717, 1.165) is 16.6 Å². The van der Waals surface area contributed by atoms with Crippen molar-refractivity contribution in [3.63, 3.8) is 0 Å². The SMILES string of the molecule is Cc1ccc2cccc(OCC(O)c3ccc(C#N)cc3)c2n1. The zero-order valence-corrected chi connectivity index (χ0v) is 12.7. The van der Waals surface area contributed by atoms with Gasteiger partial charge in [-0.3, -0.25) is 0 Å². The van der Waals surface area contributed by atoms with E-state index >= 15 is 0 Å². The molecule has 114 valence electrons. The molecule has 1 unspecified atom stereocenters. The highest BCUT2D eigenvalue weighted by Gasteiger charge is 2.10. The van der Waals surface area contributed by atoms with Gasteiger partial charge in [0.15, 0.2) is 0 Å². The van der Waals surface area contributed by atoms with Crippen molar-refractivity contribution in [2.24, 2.45) is 0 Å². The van der Waals surface area contributed by atoms with Crippen LogP contribution >= 0.6 is 0 Å². The van der Waals surface area contributed by atoms with Crippen LogP contribution in [-0.2, 0) is 0 Å². The molecule has 0 saturated carbocycles. The van der Waals surface area contributed by atoms with Gasteiger partial charge in [0.2, 0.25) is 0 Å². The van der Waals surface area contributed by atoms with E-state index in [-0.39, 0.29) is 6.61 Å². The largest absolute Gasteiger partial charge is 0.488 e. The molecule has 1 heterocycles. The molecule has 0 aliphatic rings. The zero-order valence-electron chi connectivity index (χ0n) is 12.7. The van der Waals surface area contributed by atoms with Crippen molar-refractivity contribution in [1.82, 2.24) is 4.98 Å². The Bertz CT molecular complexity index is 867. The van der Waals surface area contributed by atoms with Crippen molar-refractivity contribution in [1.29, 1.82) is 5.26 Å². The summed E-state index contributed by atoms with van der Waals surface area (Å²) in [6, 6.07) is 18.6. The molecule has 3 rings (SSSR count). The van der Waals surface area contributed by atoms with Gasteiger partial charge < -0.3 is 9.84 Å². The van der Waals surface area contributed by atoms with E-state index in [9.17, 15) is 5.11 Å². The number of benzene rings is 2. The van der Waals surface area contributed by atoms with Crippen LogP contribution in [-0.4, -0.2) is 16.7 Å². The molecule has 0 radical (unpaired) electrons. The van der Waals surface area contributed by atoms with E-state index in [2.05, 4.69) is 11.1 Å². The second kappa shape index (κ2) is 6.47. The Labute approximate surface area is 134 Å². The number of nitrogens with zero attached hydrogens (tertiary/aromatic N) is 2. The average molecular weight is 304 g/mol. The van der Waals surface area contributed by atoms with Crippen LogP contribution < -0.4 is 4.74 Å². The smallest absolute Gasteiger partial charge is 0.145 e. The molecule has 0 bridgehead atoms. The number of rotatable bonds is 4. The number of aromatic nitrogens is 1. The van der Waals surface area contributed by atoms with Crippen molar-refractivity contribution in [2.75, 3.05) is 6.61 Å². The molecule has 0 amide bonds. The van der Waals surface area contributed by atoms with Crippen LogP contribution in [0.25, 0.3) is 10.9 Å². The number of aliphatic hydroxyl groups excluding tert-OH is 1. The first kappa shape index (κ1) is 15.0. The fourth-order valence-corrected chi connectivity index (χ4v) is 2.38. The first-order valence-electron chi connectivity index (χ1n) is 7.34. The number of hydrogen-bond donors (Lipinski definition) is 1. The lowest BCUT2D eigenvalue weighted by atomic mass is 10.1. The molecule has 0 aliphatic heterocycles. The lowest BCUT2D eigenvalue weighted by Crippen LogP contribution is -2.10. The van der Waals surface area contributed by atoms with Gasteiger partial charge in [-0.15, -0.1) is 0 Å². The number of pyridine rings is 1. The van der Waals surface area contributed by atoms with Crippen LogP contribution in [0.15, 0.2) is 54.6 Å². The Balaban J connectivity index is 1.77. The van der Waals surface area contributed by atoms with Crippen molar-refractivity contribution >= 4 is 10.9 Å². The third kappa shape index (κ3) is 3.31. The minimum absolute atomic E-state index is 0.126. The van der Waals surface area contributed by atoms with Crippen LogP contribution in [0, 0.1) is 18.3 Å². The van der Waals surface area contributed by atoms with E-state index in [4.69, 9.17) is 10.00 Å². The van der Waals surface area contributed by atoms with Crippen LogP contribution in [0.5, 0.6) is 5.75 Å². The van der Waals surface area contributed by atoms with Gasteiger partial charge in [-0.2, -0.15) is 5.26 Å². The van der Waals surface area contributed by atoms with Crippen LogP contribution in [0.4, 0.5) is 0 Å². The lowest BCUT2D eigenvalue weighted by Gasteiger charge is -2.14. The monoisotopic (exact) mass is 304 g/mol. The van der Waals surface area contributed by atoms with Crippen molar-refractivity contribution in [3.8, 4) is 11.8 Å². The van der Waals surface area contributed by atoms with Gasteiger partial charge in [-0.1, -0.05) is 30.3 Å². The molecule has 1 N–H and O–H groups in total. The van der Waals surface area contributed by atoms with E-state index in [0.29, 0.717) is 16.9 Å². The Morgan fingerprint density at radius 1 is 1.13 bits per heavy atom. The zero-order chi connectivity index (χ0) is 16.2. The highest BCUT2D eigenvalue weighted by atomic mass is 16.5. The minimum Gasteiger partial charge on any atom is -0.488 e. The number of aliphatic hydroxyl groups is 1. The summed E-state index contributed by atoms with van der Waals surface area (Å²) in [6.45, 7) is 2.06. The normalized spacial score (nSPS) is 11.9. The standard InChI is InChI=1S/C19H16N2O2/c1-13-5-8-16-3-2-4-18(19(16)21-13)23-12-17(22)15-9-6-14(11-20)7-10-15/h2-10,17,22H,12H2,1H3. The van der Waals surface area contributed by atoms with Crippen molar-refractivity contribution in [3.05, 3.63) is 71.4 Å². The lowest BCUT2D eigenvalue weighted by molar-refractivity contribution is 0.109. The fourth-order valence-electron chi connectivity index (χ4n) is 2.38. The van der Waals surface area contributed by atoms with Gasteiger partial charge >= 0.3 is 0 Å². The molecule has 2 aromatic carbocycles. The third-order valence-electron chi connectivity index (χ3n) is 3.64. The summed E-state index contributed by atoms with van der Waals surface area (Å²) in [7, 11) is 0. The van der Waals surface area contributed by atoms with E-state index in [1.54, 1.807) is 24.3 Å². The summed E-state index contributed by atoms with van der Waals surface area (Å²) < 4.78 is 5.77. The van der Waals surface area contributed by atoms with Gasteiger partial charge in [0.1, 0.15) is 24.0 Å². The van der Waals surface area contributed by atoms with Gasteiger partial charge in [0.05, 0.1) is 11.6 Å². The molecular formula is C19H16N2O2. The molecule has 23 heavy (non-hydrogen) atoms. The second-order valence-electron chi connectivity index (χ2n) is 5.34. The fraction of sp³-hybridized carbons (Fsp3) is 0.158. The first-order valence-corrected chi connectivity index (χ1v) is 7.34. The quantitative estimate of drug-likeness (QED) is 0.800. The minimum atomic E-state index is -0.761. The Morgan fingerprint density at radius 2 is 1.91 bits per heavy atom. The maximum Gasteiger partial charge on any atom is 0.145 e. The molecule has 4 heteroatoms. The van der Waals surface area contributed by atoms with Gasteiger partial charge in [0, 0.05) is 11.1 Å². The Hall–Kier alpha value is -2.90. The number of hydrogen-bond acceptors (Lipinski definition) is 4. The van der Waals surface area contributed by atoms with Crippen molar-refractivity contribution < 1.29 is 9.84 Å². The van der Waals surface area contributed by atoms with Crippen LogP contribution in [0.2, 0.25) is 0 Å². The molecule has 0 spiro atoms. The molecule has 0 fully saturated rings. The van der Waals surface area contributed by atoms with Crippen LogP contribution in [0.3, 0.4) is 0 Å². The van der Waals surface area contributed by atoms with Crippen LogP contribution in [0.1, 0.15) is 22.9 Å². The van der Waals surface area contributed by atoms with Gasteiger partial charge in [-0.05, 0) is 36.8 Å². The number of aryl methyl sites for hydroxylation is 1. The number of nitriles is 1. The summed E-state index contributed by atoms with van der Waals surface area (Å²) in [4.78, 5) is 4.51. The highest BCUT2D eigenvalue weighted by Crippen LogP contribution is 2.25. The summed E-state index contributed by atoms with van der Waals surface area (Å²) in [5.74, 6) is 0.652. The highest BCUT2D eigenvalue weighted by molar-refractivity contribution is 5.84.